The lowest BCUT2D eigenvalue weighted by molar-refractivity contribution is 0.419. The lowest BCUT2D eigenvalue weighted by Gasteiger charge is -1.82. The molecule has 0 amide bonds. The van der Waals surface area contributed by atoms with Gasteiger partial charge < -0.3 is 4.52 Å². The third-order valence-corrected chi connectivity index (χ3v) is 1.50. The van der Waals surface area contributed by atoms with Gasteiger partial charge in [-0.05, 0) is 13.8 Å². The van der Waals surface area contributed by atoms with E-state index in [-0.39, 0.29) is 0 Å². The maximum atomic E-state index is 4.46. The quantitative estimate of drug-likeness (QED) is 0.640. The molecule has 2 aromatic rings. The summed E-state index contributed by atoms with van der Waals surface area (Å²) < 4.78 is 4.46. The van der Waals surface area contributed by atoms with Crippen LogP contribution in [0.3, 0.4) is 0 Å². The zero-order valence-electron chi connectivity index (χ0n) is 11.9. The zero-order valence-corrected chi connectivity index (χ0v) is 11.9. The molecule has 0 bridgehead atoms. The van der Waals surface area contributed by atoms with Crippen LogP contribution in [0, 0.1) is 13.8 Å². The van der Waals surface area contributed by atoms with Crippen molar-refractivity contribution in [1.82, 2.24) is 5.16 Å². The maximum absolute atomic E-state index is 4.46. The molecule has 2 nitrogen and oxygen atoms in total. The van der Waals surface area contributed by atoms with Gasteiger partial charge in [0, 0.05) is 5.56 Å². The van der Waals surface area contributed by atoms with Crippen molar-refractivity contribution in [2.75, 3.05) is 0 Å². The van der Waals surface area contributed by atoms with Gasteiger partial charge in [0.05, 0.1) is 6.20 Å². The summed E-state index contributed by atoms with van der Waals surface area (Å²) in [6.07, 6.45) is 3.26. The summed E-state index contributed by atoms with van der Waals surface area (Å²) in [5.41, 5.74) is 2.39. The van der Waals surface area contributed by atoms with Crippen LogP contribution in [0.15, 0.2) is 47.3 Å². The Balaban J connectivity index is 0. The highest BCUT2D eigenvalue weighted by Crippen LogP contribution is 1.92. The molecule has 1 heterocycles. The van der Waals surface area contributed by atoms with Gasteiger partial charge in [0.25, 0.3) is 0 Å². The van der Waals surface area contributed by atoms with E-state index in [9.17, 15) is 0 Å². The third kappa shape index (κ3) is 12.4. The fourth-order valence-electron chi connectivity index (χ4n) is 0.792. The van der Waals surface area contributed by atoms with Crippen LogP contribution >= 0.6 is 0 Å². The Morgan fingerprint density at radius 3 is 1.53 bits per heavy atom. The van der Waals surface area contributed by atoms with Crippen molar-refractivity contribution in [3.63, 3.8) is 0 Å². The first-order chi connectivity index (χ1) is 8.29. The Hall–Kier alpha value is -1.57. The molecule has 0 atom stereocenters. The van der Waals surface area contributed by atoms with Crippen molar-refractivity contribution in [2.24, 2.45) is 0 Å². The van der Waals surface area contributed by atoms with Crippen LogP contribution < -0.4 is 0 Å². The van der Waals surface area contributed by atoms with Gasteiger partial charge in [-0.15, -0.1) is 0 Å². The Morgan fingerprint density at radius 2 is 1.35 bits per heavy atom. The molecule has 0 unspecified atom stereocenters. The van der Waals surface area contributed by atoms with Crippen molar-refractivity contribution < 1.29 is 4.52 Å². The third-order valence-electron chi connectivity index (χ3n) is 1.50. The fraction of sp³-hybridized carbons (Fsp3) is 0.400. The first kappa shape index (κ1) is 17.8. The summed E-state index contributed by atoms with van der Waals surface area (Å²) in [6.45, 7) is 12.0. The highest BCUT2D eigenvalue weighted by atomic mass is 16.5. The molecule has 17 heavy (non-hydrogen) atoms. The average Bonchev–Trinajstić information content (AvgIpc) is 2.87. The van der Waals surface area contributed by atoms with Gasteiger partial charge >= 0.3 is 0 Å². The molecular weight excluding hydrogens is 210 g/mol. The van der Waals surface area contributed by atoms with E-state index in [0.29, 0.717) is 0 Å². The minimum atomic E-state index is 1.06. The van der Waals surface area contributed by atoms with Crippen LogP contribution in [-0.2, 0) is 0 Å². The molecule has 0 aliphatic heterocycles. The SMILES string of the molecule is CC.CC.Cc1ccccc1.Cc1cnoc1. The summed E-state index contributed by atoms with van der Waals surface area (Å²) in [6, 6.07) is 10.3. The molecule has 2 heteroatoms. The van der Waals surface area contributed by atoms with Gasteiger partial charge in [0.2, 0.25) is 0 Å². The number of aryl methyl sites for hydroxylation is 2. The topological polar surface area (TPSA) is 26.0 Å². The Morgan fingerprint density at radius 1 is 0.824 bits per heavy atom. The molecule has 0 aliphatic rings. The summed E-state index contributed by atoms with van der Waals surface area (Å²) in [5, 5.41) is 3.45. The van der Waals surface area contributed by atoms with E-state index in [1.165, 1.54) is 5.56 Å². The average molecular weight is 235 g/mol. The number of hydrogen-bond acceptors (Lipinski definition) is 2. The second-order valence-electron chi connectivity index (χ2n) is 2.86. The van der Waals surface area contributed by atoms with Gasteiger partial charge in [0.15, 0.2) is 0 Å². The lowest BCUT2D eigenvalue weighted by Crippen LogP contribution is -1.62. The molecule has 0 spiro atoms. The smallest absolute Gasteiger partial charge is 0.126 e. The molecule has 0 saturated carbocycles. The molecular formula is C15H25NO. The van der Waals surface area contributed by atoms with Gasteiger partial charge in [-0.25, -0.2) is 0 Å². The minimum absolute atomic E-state index is 1.06. The van der Waals surface area contributed by atoms with Crippen LogP contribution in [0.1, 0.15) is 38.8 Å². The van der Waals surface area contributed by atoms with E-state index >= 15 is 0 Å². The predicted octanol–water partition coefficient (Wildman–Crippen LogP) is 5.03. The van der Waals surface area contributed by atoms with Crippen LogP contribution in [-0.4, -0.2) is 5.16 Å². The predicted molar refractivity (Wildman–Crippen MR) is 75.1 cm³/mol. The number of nitrogens with zero attached hydrogens (tertiary/aromatic N) is 1. The van der Waals surface area contributed by atoms with Gasteiger partial charge in [-0.1, -0.05) is 68.7 Å². The summed E-state index contributed by atoms with van der Waals surface area (Å²) >= 11 is 0. The maximum Gasteiger partial charge on any atom is 0.126 e. The number of benzene rings is 1. The minimum Gasteiger partial charge on any atom is -0.365 e. The monoisotopic (exact) mass is 235 g/mol. The molecule has 0 N–H and O–H groups in total. The standard InChI is InChI=1S/C7H8.C4H5NO.2C2H6/c1-7-5-3-2-4-6-7;1-4-2-5-6-3-4;2*1-2/h2-6H,1H3;2-3H,1H3;2*1-2H3. The largest absolute Gasteiger partial charge is 0.365 e. The van der Waals surface area contributed by atoms with Crippen LogP contribution in [0.5, 0.6) is 0 Å². The van der Waals surface area contributed by atoms with E-state index < -0.39 is 0 Å². The molecule has 0 radical (unpaired) electrons. The Kier molecular flexibility index (Phi) is 15.1. The van der Waals surface area contributed by atoms with Crippen molar-refractivity contribution in [2.45, 2.75) is 41.5 Å². The Labute approximate surface area is 106 Å². The second kappa shape index (κ2) is 14.4. The van der Waals surface area contributed by atoms with E-state index in [0.717, 1.165) is 5.56 Å². The van der Waals surface area contributed by atoms with Crippen LogP contribution in [0.4, 0.5) is 0 Å². The first-order valence-corrected chi connectivity index (χ1v) is 6.16. The fourth-order valence-corrected chi connectivity index (χ4v) is 0.792. The number of aromatic nitrogens is 1. The summed E-state index contributed by atoms with van der Waals surface area (Å²) in [7, 11) is 0. The highest BCUT2D eigenvalue weighted by Gasteiger charge is 1.77. The van der Waals surface area contributed by atoms with Crippen LogP contribution in [0.2, 0.25) is 0 Å². The zero-order chi connectivity index (χ0) is 13.5. The molecule has 1 aromatic heterocycles. The van der Waals surface area contributed by atoms with Crippen molar-refractivity contribution >= 4 is 0 Å². The second-order valence-corrected chi connectivity index (χ2v) is 2.86. The molecule has 0 saturated heterocycles. The first-order valence-electron chi connectivity index (χ1n) is 6.16. The van der Waals surface area contributed by atoms with E-state index in [1.54, 1.807) is 12.5 Å². The molecule has 0 fully saturated rings. The van der Waals surface area contributed by atoms with Gasteiger partial charge in [-0.3, -0.25) is 0 Å². The van der Waals surface area contributed by atoms with Gasteiger partial charge in [-0.2, -0.15) is 0 Å². The van der Waals surface area contributed by atoms with Crippen LogP contribution in [0.25, 0.3) is 0 Å². The van der Waals surface area contributed by atoms with Crippen molar-refractivity contribution in [1.29, 1.82) is 0 Å². The molecule has 2 rings (SSSR count). The number of rotatable bonds is 0. The van der Waals surface area contributed by atoms with E-state index in [1.807, 2.05) is 52.8 Å². The molecule has 96 valence electrons. The van der Waals surface area contributed by atoms with Gasteiger partial charge in [0.1, 0.15) is 6.26 Å². The summed E-state index contributed by atoms with van der Waals surface area (Å²) in [5.74, 6) is 0. The van der Waals surface area contributed by atoms with E-state index in [2.05, 4.69) is 28.7 Å². The number of hydrogen-bond donors (Lipinski definition) is 0. The van der Waals surface area contributed by atoms with Crippen molar-refractivity contribution in [3.05, 3.63) is 53.9 Å². The lowest BCUT2D eigenvalue weighted by atomic mass is 10.2. The summed E-state index contributed by atoms with van der Waals surface area (Å²) in [4.78, 5) is 0. The normalized spacial score (nSPS) is 7.41. The molecule has 1 aromatic carbocycles. The highest BCUT2D eigenvalue weighted by molar-refractivity contribution is 5.11. The van der Waals surface area contributed by atoms with E-state index in [4.69, 9.17) is 0 Å². The Bertz CT molecular complexity index is 314. The van der Waals surface area contributed by atoms with Crippen molar-refractivity contribution in [3.8, 4) is 0 Å². The molecule has 0 aliphatic carbocycles.